The molecule has 0 aliphatic carbocycles. The molecule has 170 valence electrons. The zero-order chi connectivity index (χ0) is 22.3. The molecule has 1 fully saturated rings. The van der Waals surface area contributed by atoms with Crippen molar-refractivity contribution in [2.75, 3.05) is 43.4 Å². The first kappa shape index (κ1) is 23.5. The average Bonchev–Trinajstić information content (AvgIpc) is 2.75. The number of anilines is 1. The van der Waals surface area contributed by atoms with Crippen molar-refractivity contribution in [1.82, 2.24) is 24.8 Å². The maximum atomic E-state index is 13.3. The van der Waals surface area contributed by atoms with Gasteiger partial charge in [0.15, 0.2) is 5.16 Å². The Morgan fingerprint density at radius 2 is 1.87 bits per heavy atom. The van der Waals surface area contributed by atoms with Crippen molar-refractivity contribution in [2.24, 2.45) is 0 Å². The Morgan fingerprint density at radius 3 is 2.55 bits per heavy atom. The zero-order valence-electron chi connectivity index (χ0n) is 17.5. The van der Waals surface area contributed by atoms with Crippen LogP contribution < -0.4 is 4.90 Å². The normalized spacial score (nSPS) is 15.4. The van der Waals surface area contributed by atoms with E-state index in [1.807, 2.05) is 11.8 Å². The highest BCUT2D eigenvalue weighted by Gasteiger charge is 2.34. The topological polar surface area (TPSA) is 78.3 Å². The number of hydrogen-bond acceptors (Lipinski definition) is 8. The first-order valence-corrected chi connectivity index (χ1v) is 11.4. The Morgan fingerprint density at radius 1 is 1.10 bits per heavy atom. The van der Waals surface area contributed by atoms with Crippen molar-refractivity contribution in [1.29, 1.82) is 0 Å². The van der Waals surface area contributed by atoms with E-state index in [0.29, 0.717) is 30.5 Å². The van der Waals surface area contributed by atoms with Gasteiger partial charge >= 0.3 is 6.18 Å². The summed E-state index contributed by atoms with van der Waals surface area (Å²) in [7, 11) is 0. The third kappa shape index (κ3) is 7.20. The number of unbranched alkanes of at least 4 members (excludes halogenated alkanes) is 1. The Hall–Kier alpha value is -2.14. The SMILES string of the molecule is CCCCc1nc(N2CCN(CCCSc3nccc(O)n3)CC2)cc(C(F)(F)F)n1. The quantitative estimate of drug-likeness (QED) is 0.348. The molecule has 1 aliphatic heterocycles. The van der Waals surface area contributed by atoms with Crippen LogP contribution in [0.5, 0.6) is 5.88 Å². The van der Waals surface area contributed by atoms with Crippen LogP contribution in [0.1, 0.15) is 37.7 Å². The van der Waals surface area contributed by atoms with E-state index in [9.17, 15) is 18.3 Å². The highest BCUT2D eigenvalue weighted by atomic mass is 32.2. The Kier molecular flexibility index (Phi) is 8.30. The number of aromatic hydroxyl groups is 1. The van der Waals surface area contributed by atoms with Crippen molar-refractivity contribution in [3.05, 3.63) is 29.8 Å². The summed E-state index contributed by atoms with van der Waals surface area (Å²) < 4.78 is 39.8. The highest BCUT2D eigenvalue weighted by molar-refractivity contribution is 7.99. The molecule has 0 spiro atoms. The van der Waals surface area contributed by atoms with E-state index in [0.717, 1.165) is 50.7 Å². The summed E-state index contributed by atoms with van der Waals surface area (Å²) in [4.78, 5) is 20.4. The van der Waals surface area contributed by atoms with Gasteiger partial charge in [-0.25, -0.2) is 15.0 Å². The minimum absolute atomic E-state index is 0.0372. The smallest absolute Gasteiger partial charge is 0.433 e. The molecule has 1 N–H and O–H groups in total. The molecule has 3 rings (SSSR count). The number of aryl methyl sites for hydroxylation is 1. The monoisotopic (exact) mass is 456 g/mol. The van der Waals surface area contributed by atoms with Crippen LogP contribution in [0.25, 0.3) is 0 Å². The molecule has 1 saturated heterocycles. The van der Waals surface area contributed by atoms with Gasteiger partial charge in [0.25, 0.3) is 0 Å². The summed E-state index contributed by atoms with van der Waals surface area (Å²) in [6, 6.07) is 2.50. The fourth-order valence-corrected chi connectivity index (χ4v) is 4.04. The van der Waals surface area contributed by atoms with E-state index < -0.39 is 11.9 Å². The molecule has 0 aromatic carbocycles. The van der Waals surface area contributed by atoms with Crippen LogP contribution in [0.3, 0.4) is 0 Å². The Bertz CT molecular complexity index is 846. The minimum Gasteiger partial charge on any atom is -0.493 e. The van der Waals surface area contributed by atoms with Gasteiger partial charge in [0, 0.05) is 56.7 Å². The zero-order valence-corrected chi connectivity index (χ0v) is 18.3. The van der Waals surface area contributed by atoms with E-state index in [1.54, 1.807) is 0 Å². The number of thioether (sulfide) groups is 1. The number of nitrogens with zero attached hydrogens (tertiary/aromatic N) is 6. The molecule has 0 saturated carbocycles. The molecule has 0 unspecified atom stereocenters. The second kappa shape index (κ2) is 10.9. The lowest BCUT2D eigenvalue weighted by Crippen LogP contribution is -2.47. The number of rotatable bonds is 9. The number of halogens is 3. The van der Waals surface area contributed by atoms with Crippen molar-refractivity contribution >= 4 is 17.6 Å². The maximum Gasteiger partial charge on any atom is 0.433 e. The lowest BCUT2D eigenvalue weighted by atomic mass is 10.2. The van der Waals surface area contributed by atoms with Gasteiger partial charge in [-0.3, -0.25) is 4.90 Å². The van der Waals surface area contributed by atoms with E-state index in [4.69, 9.17) is 0 Å². The van der Waals surface area contributed by atoms with Gasteiger partial charge in [-0.2, -0.15) is 18.2 Å². The third-order valence-corrected chi connectivity index (χ3v) is 5.92. The molecule has 0 radical (unpaired) electrons. The van der Waals surface area contributed by atoms with Crippen LogP contribution in [-0.2, 0) is 12.6 Å². The summed E-state index contributed by atoms with van der Waals surface area (Å²) in [5.74, 6) is 1.42. The van der Waals surface area contributed by atoms with Gasteiger partial charge in [0.05, 0.1) is 0 Å². The fraction of sp³-hybridized carbons (Fsp3) is 0.600. The predicted molar refractivity (Wildman–Crippen MR) is 113 cm³/mol. The number of alkyl halides is 3. The van der Waals surface area contributed by atoms with Crippen LogP contribution in [0.2, 0.25) is 0 Å². The first-order chi connectivity index (χ1) is 14.8. The number of piperazine rings is 1. The van der Waals surface area contributed by atoms with Gasteiger partial charge in [0.1, 0.15) is 17.3 Å². The maximum absolute atomic E-state index is 13.3. The molecule has 7 nitrogen and oxygen atoms in total. The second-order valence-electron chi connectivity index (χ2n) is 7.36. The Labute approximate surface area is 184 Å². The molecule has 0 bridgehead atoms. The summed E-state index contributed by atoms with van der Waals surface area (Å²) in [5.41, 5.74) is -0.864. The van der Waals surface area contributed by atoms with Gasteiger partial charge in [-0.05, 0) is 19.4 Å². The Balaban J connectivity index is 1.50. The molecule has 2 aromatic heterocycles. The van der Waals surface area contributed by atoms with Crippen molar-refractivity contribution in [2.45, 2.75) is 43.9 Å². The first-order valence-electron chi connectivity index (χ1n) is 10.4. The second-order valence-corrected chi connectivity index (χ2v) is 8.42. The molecule has 31 heavy (non-hydrogen) atoms. The van der Waals surface area contributed by atoms with E-state index >= 15 is 0 Å². The van der Waals surface area contributed by atoms with Crippen molar-refractivity contribution < 1.29 is 18.3 Å². The number of aromatic nitrogens is 4. The van der Waals surface area contributed by atoms with E-state index in [2.05, 4.69) is 24.8 Å². The minimum atomic E-state index is -4.47. The van der Waals surface area contributed by atoms with Gasteiger partial charge in [0.2, 0.25) is 5.88 Å². The molecule has 3 heterocycles. The largest absolute Gasteiger partial charge is 0.493 e. The van der Waals surface area contributed by atoms with Crippen LogP contribution >= 0.6 is 11.8 Å². The van der Waals surface area contributed by atoms with Crippen LogP contribution in [0.15, 0.2) is 23.5 Å². The molecular formula is C20H27F3N6OS. The molecule has 11 heteroatoms. The van der Waals surface area contributed by atoms with E-state index in [1.165, 1.54) is 24.0 Å². The van der Waals surface area contributed by atoms with Gasteiger partial charge in [-0.15, -0.1) is 0 Å². The molecule has 0 amide bonds. The lowest BCUT2D eigenvalue weighted by molar-refractivity contribution is -0.141. The fourth-order valence-electron chi connectivity index (χ4n) is 3.29. The van der Waals surface area contributed by atoms with Crippen molar-refractivity contribution in [3.8, 4) is 5.88 Å². The standard InChI is InChI=1S/C20H27F3N6OS/c1-2-3-5-16-25-15(20(21,22)23)14-17(26-16)29-11-9-28(10-12-29)8-4-13-31-19-24-7-6-18(30)27-19/h6-7,14H,2-5,8-13H2,1H3,(H,24,27,30). The summed E-state index contributed by atoms with van der Waals surface area (Å²) in [5, 5.41) is 9.91. The predicted octanol–water partition coefficient (Wildman–Crippen LogP) is 3.64. The van der Waals surface area contributed by atoms with Crippen LogP contribution in [-0.4, -0.2) is 68.4 Å². The van der Waals surface area contributed by atoms with Gasteiger partial charge < -0.3 is 10.0 Å². The molecular weight excluding hydrogens is 429 g/mol. The third-order valence-electron chi connectivity index (χ3n) is 4.97. The number of hydrogen-bond donors (Lipinski definition) is 1. The van der Waals surface area contributed by atoms with Crippen molar-refractivity contribution in [3.63, 3.8) is 0 Å². The molecule has 0 atom stereocenters. The highest BCUT2D eigenvalue weighted by Crippen LogP contribution is 2.30. The average molecular weight is 457 g/mol. The van der Waals surface area contributed by atoms with Crippen LogP contribution in [0.4, 0.5) is 19.0 Å². The van der Waals surface area contributed by atoms with E-state index in [-0.39, 0.29) is 11.7 Å². The summed E-state index contributed by atoms with van der Waals surface area (Å²) in [6.45, 7) is 5.67. The molecule has 1 aliphatic rings. The summed E-state index contributed by atoms with van der Waals surface area (Å²) >= 11 is 1.49. The summed E-state index contributed by atoms with van der Waals surface area (Å²) in [6.07, 6.45) is 0.0699. The van der Waals surface area contributed by atoms with Crippen LogP contribution in [0, 0.1) is 0 Å². The molecule has 2 aromatic rings. The lowest BCUT2D eigenvalue weighted by Gasteiger charge is -2.35. The van der Waals surface area contributed by atoms with Gasteiger partial charge in [-0.1, -0.05) is 25.1 Å².